The first-order valence-electron chi connectivity index (χ1n) is 5.70. The molecular formula is C11H12BrN4O5. The Kier molecular flexibility index (Phi) is 5.59. The number of hydrogen-bond donors (Lipinski definition) is 1. The van der Waals surface area contributed by atoms with Gasteiger partial charge in [0.25, 0.3) is 17.3 Å². The van der Waals surface area contributed by atoms with Crippen molar-refractivity contribution in [1.29, 1.82) is 0 Å². The summed E-state index contributed by atoms with van der Waals surface area (Å²) in [7, 11) is 0. The van der Waals surface area contributed by atoms with Crippen molar-refractivity contribution < 1.29 is 14.6 Å². The molecule has 0 aliphatic heterocycles. The fourth-order valence-corrected chi connectivity index (χ4v) is 2.20. The number of anilines is 1. The molecule has 2 N–H and O–H groups in total. The lowest BCUT2D eigenvalue weighted by Gasteiger charge is -2.22. The van der Waals surface area contributed by atoms with Crippen LogP contribution in [0.4, 0.5) is 17.1 Å². The van der Waals surface area contributed by atoms with E-state index in [0.717, 1.165) is 12.1 Å². The number of alkyl halides is 1. The molecule has 1 aromatic rings. The summed E-state index contributed by atoms with van der Waals surface area (Å²) in [5.74, 6) is -1.03. The van der Waals surface area contributed by atoms with Gasteiger partial charge in [-0.05, 0) is 13.0 Å². The largest absolute Gasteiger partial charge is 0.365 e. The second-order valence-electron chi connectivity index (χ2n) is 3.91. The Morgan fingerprint density at radius 1 is 1.29 bits per heavy atom. The van der Waals surface area contributed by atoms with Crippen molar-refractivity contribution in [3.05, 3.63) is 44.8 Å². The molecule has 1 aromatic carbocycles. The minimum Gasteiger partial charge on any atom is -0.365 e. The number of carbonyl (C=O) groups excluding carboxylic acids is 1. The van der Waals surface area contributed by atoms with Crippen molar-refractivity contribution in [1.82, 2.24) is 0 Å². The van der Waals surface area contributed by atoms with Gasteiger partial charge in [0.2, 0.25) is 0 Å². The normalized spacial score (nSPS) is 10.2. The lowest BCUT2D eigenvalue weighted by molar-refractivity contribution is -0.393. The van der Waals surface area contributed by atoms with Crippen LogP contribution < -0.4 is 10.6 Å². The van der Waals surface area contributed by atoms with E-state index < -0.39 is 27.1 Å². The SMILES string of the molecule is [CH2]CN(CCBr)c1cc(C(N)=O)c([N+](=O)[O-])cc1[N+](=O)[O-]. The maximum Gasteiger partial charge on any atom is 0.299 e. The van der Waals surface area contributed by atoms with Crippen molar-refractivity contribution in [2.75, 3.05) is 23.3 Å². The quantitative estimate of drug-likeness (QED) is 0.446. The molecule has 113 valence electrons. The average molecular weight is 360 g/mol. The fourth-order valence-electron chi connectivity index (χ4n) is 1.77. The Balaban J connectivity index is 3.61. The summed E-state index contributed by atoms with van der Waals surface area (Å²) in [6, 6.07) is 1.80. The summed E-state index contributed by atoms with van der Waals surface area (Å²) < 4.78 is 0. The molecule has 0 aliphatic carbocycles. The highest BCUT2D eigenvalue weighted by atomic mass is 79.9. The number of nitrogens with two attached hydrogens (primary N) is 1. The van der Waals surface area contributed by atoms with Crippen LogP contribution in [0, 0.1) is 27.2 Å². The number of benzene rings is 1. The second kappa shape index (κ2) is 6.97. The van der Waals surface area contributed by atoms with E-state index in [1.54, 1.807) is 0 Å². The highest BCUT2D eigenvalue weighted by Gasteiger charge is 2.28. The highest BCUT2D eigenvalue weighted by molar-refractivity contribution is 9.09. The molecule has 1 amide bonds. The molecule has 1 rings (SSSR count). The van der Waals surface area contributed by atoms with Gasteiger partial charge < -0.3 is 10.6 Å². The van der Waals surface area contributed by atoms with Gasteiger partial charge in [0.1, 0.15) is 11.3 Å². The monoisotopic (exact) mass is 359 g/mol. The third-order valence-corrected chi connectivity index (χ3v) is 3.07. The van der Waals surface area contributed by atoms with Gasteiger partial charge in [-0.25, -0.2) is 0 Å². The molecule has 0 fully saturated rings. The van der Waals surface area contributed by atoms with E-state index in [4.69, 9.17) is 5.73 Å². The van der Waals surface area contributed by atoms with Gasteiger partial charge in [-0.1, -0.05) is 15.9 Å². The van der Waals surface area contributed by atoms with Gasteiger partial charge in [-0.2, -0.15) is 0 Å². The molecule has 0 saturated carbocycles. The standard InChI is InChI=1S/C11H12BrN4O5/c1-2-14(4-3-12)9-5-7(11(13)17)8(15(18)19)6-10(9)16(20)21/h5-6H,1-4H2,(H2,13,17). The molecule has 0 unspecified atom stereocenters. The summed E-state index contributed by atoms with van der Waals surface area (Å²) in [5, 5.41) is 22.5. The van der Waals surface area contributed by atoms with Gasteiger partial charge in [0, 0.05) is 18.4 Å². The van der Waals surface area contributed by atoms with Crippen LogP contribution in [-0.2, 0) is 0 Å². The highest BCUT2D eigenvalue weighted by Crippen LogP contribution is 2.35. The first-order valence-corrected chi connectivity index (χ1v) is 6.82. The van der Waals surface area contributed by atoms with Crippen molar-refractivity contribution in [2.24, 2.45) is 5.73 Å². The molecular weight excluding hydrogens is 348 g/mol. The van der Waals surface area contributed by atoms with Crippen LogP contribution in [0.5, 0.6) is 0 Å². The zero-order valence-corrected chi connectivity index (χ0v) is 12.4. The number of nitrogens with zero attached hydrogens (tertiary/aromatic N) is 3. The Hall–Kier alpha value is -2.23. The van der Waals surface area contributed by atoms with Crippen LogP contribution in [0.15, 0.2) is 12.1 Å². The molecule has 0 atom stereocenters. The summed E-state index contributed by atoms with van der Waals surface area (Å²) in [5.41, 5.74) is 3.62. The first kappa shape index (κ1) is 16.8. The minimum atomic E-state index is -1.03. The lowest BCUT2D eigenvalue weighted by atomic mass is 10.1. The number of hydrogen-bond acceptors (Lipinski definition) is 6. The summed E-state index contributed by atoms with van der Waals surface area (Å²) in [6.45, 7) is 4.20. The average Bonchev–Trinajstić information content (AvgIpc) is 2.42. The van der Waals surface area contributed by atoms with E-state index in [-0.39, 0.29) is 17.8 Å². The number of nitro benzene ring substituents is 2. The number of amides is 1. The van der Waals surface area contributed by atoms with Gasteiger partial charge in [0.05, 0.1) is 15.9 Å². The Morgan fingerprint density at radius 3 is 2.24 bits per heavy atom. The van der Waals surface area contributed by atoms with Crippen LogP contribution in [0.3, 0.4) is 0 Å². The lowest BCUT2D eigenvalue weighted by Crippen LogP contribution is -2.26. The molecule has 0 aromatic heterocycles. The van der Waals surface area contributed by atoms with Crippen molar-refractivity contribution in [2.45, 2.75) is 0 Å². The molecule has 21 heavy (non-hydrogen) atoms. The molecule has 10 heteroatoms. The number of rotatable bonds is 7. The third kappa shape index (κ3) is 3.66. The smallest absolute Gasteiger partial charge is 0.299 e. The minimum absolute atomic E-state index is 0.0638. The molecule has 0 bridgehead atoms. The molecule has 0 heterocycles. The van der Waals surface area contributed by atoms with Crippen molar-refractivity contribution in [3.63, 3.8) is 0 Å². The van der Waals surface area contributed by atoms with Crippen LogP contribution in [0.1, 0.15) is 10.4 Å². The predicted molar refractivity (Wildman–Crippen MR) is 79.6 cm³/mol. The maximum absolute atomic E-state index is 11.3. The van der Waals surface area contributed by atoms with Gasteiger partial charge in [-0.15, -0.1) is 0 Å². The summed E-state index contributed by atoms with van der Waals surface area (Å²) >= 11 is 3.20. The number of nitro groups is 2. The molecule has 0 saturated heterocycles. The Morgan fingerprint density at radius 2 is 1.86 bits per heavy atom. The third-order valence-electron chi connectivity index (χ3n) is 2.72. The van der Waals surface area contributed by atoms with E-state index in [2.05, 4.69) is 22.9 Å². The van der Waals surface area contributed by atoms with Crippen LogP contribution >= 0.6 is 15.9 Å². The van der Waals surface area contributed by atoms with E-state index in [9.17, 15) is 25.0 Å². The zero-order valence-electron chi connectivity index (χ0n) is 10.8. The van der Waals surface area contributed by atoms with Crippen LogP contribution in [-0.4, -0.2) is 34.2 Å². The van der Waals surface area contributed by atoms with E-state index in [1.807, 2.05) is 0 Å². The molecule has 0 aliphatic rings. The van der Waals surface area contributed by atoms with Crippen molar-refractivity contribution >= 4 is 38.9 Å². The molecule has 9 nitrogen and oxygen atoms in total. The Bertz CT molecular complexity index is 592. The van der Waals surface area contributed by atoms with Gasteiger partial charge >= 0.3 is 0 Å². The molecule has 0 spiro atoms. The second-order valence-corrected chi connectivity index (χ2v) is 4.71. The van der Waals surface area contributed by atoms with E-state index in [0.29, 0.717) is 11.9 Å². The summed E-state index contributed by atoms with van der Waals surface area (Å²) in [6.07, 6.45) is 0. The number of halogens is 1. The summed E-state index contributed by atoms with van der Waals surface area (Å²) in [4.78, 5) is 33.3. The van der Waals surface area contributed by atoms with Crippen LogP contribution in [0.2, 0.25) is 0 Å². The van der Waals surface area contributed by atoms with Crippen molar-refractivity contribution in [3.8, 4) is 0 Å². The van der Waals surface area contributed by atoms with Gasteiger partial charge in [-0.3, -0.25) is 25.0 Å². The zero-order chi connectivity index (χ0) is 16.2. The van der Waals surface area contributed by atoms with Crippen LogP contribution in [0.25, 0.3) is 0 Å². The van der Waals surface area contributed by atoms with E-state index >= 15 is 0 Å². The number of primary amides is 1. The van der Waals surface area contributed by atoms with Gasteiger partial charge in [0.15, 0.2) is 0 Å². The number of carbonyl (C=O) groups is 1. The first-order chi connectivity index (χ1) is 9.83. The predicted octanol–water partition coefficient (Wildman–Crippen LogP) is 1.64. The Labute approximate surface area is 128 Å². The fraction of sp³-hybridized carbons (Fsp3) is 0.273. The van der Waals surface area contributed by atoms with E-state index in [1.165, 1.54) is 4.90 Å². The topological polar surface area (TPSA) is 133 Å². The maximum atomic E-state index is 11.3. The molecule has 1 radical (unpaired) electrons.